The number of para-hydroxylation sites is 1. The normalized spacial score (nSPS) is 21.4. The minimum atomic E-state index is -0.0473. The van der Waals surface area contributed by atoms with E-state index in [9.17, 15) is 9.59 Å². The molecule has 2 aromatic rings. The topological polar surface area (TPSA) is 71.1 Å². The van der Waals surface area contributed by atoms with E-state index in [1.807, 2.05) is 24.3 Å². The van der Waals surface area contributed by atoms with E-state index in [1.165, 1.54) is 18.3 Å². The van der Waals surface area contributed by atoms with Gasteiger partial charge in [-0.3, -0.25) is 9.59 Å². The van der Waals surface area contributed by atoms with Crippen LogP contribution in [0.4, 0.5) is 5.13 Å². The van der Waals surface area contributed by atoms with Gasteiger partial charge >= 0.3 is 0 Å². The molecule has 6 heteroatoms. The number of aromatic nitrogens is 1. The first-order valence-electron chi connectivity index (χ1n) is 7.05. The molecule has 0 unspecified atom stereocenters. The summed E-state index contributed by atoms with van der Waals surface area (Å²) < 4.78 is 1.07. The number of carbonyl (C=O) groups excluding carboxylic acids is 2. The number of nitrogens with zero attached hydrogens (tertiary/aromatic N) is 1. The Morgan fingerprint density at radius 3 is 2.86 bits per heavy atom. The van der Waals surface area contributed by atoms with Gasteiger partial charge in [-0.05, 0) is 31.4 Å². The van der Waals surface area contributed by atoms with Crippen LogP contribution in [0.25, 0.3) is 10.2 Å². The zero-order valence-electron chi connectivity index (χ0n) is 11.8. The summed E-state index contributed by atoms with van der Waals surface area (Å²) in [6.45, 7) is 1.51. The SMILES string of the molecule is CC(=O)N[C@@H]1CC[C@@H](C(=O)Nc2nc3ccccc3s2)C1. The van der Waals surface area contributed by atoms with Crippen molar-refractivity contribution in [3.63, 3.8) is 0 Å². The first-order valence-corrected chi connectivity index (χ1v) is 7.87. The summed E-state index contributed by atoms with van der Waals surface area (Å²) in [6.07, 6.45) is 2.37. The summed E-state index contributed by atoms with van der Waals surface area (Å²) in [5, 5.41) is 6.43. The third kappa shape index (κ3) is 3.21. The number of rotatable bonds is 3. The van der Waals surface area contributed by atoms with E-state index in [1.54, 1.807) is 0 Å². The van der Waals surface area contributed by atoms with Crippen LogP contribution in [0.1, 0.15) is 26.2 Å². The molecular formula is C15H17N3O2S. The first kappa shape index (κ1) is 14.0. The van der Waals surface area contributed by atoms with Crippen molar-refractivity contribution in [3.05, 3.63) is 24.3 Å². The lowest BCUT2D eigenvalue weighted by Gasteiger charge is -2.11. The van der Waals surface area contributed by atoms with Gasteiger partial charge in [-0.1, -0.05) is 23.5 Å². The lowest BCUT2D eigenvalue weighted by Crippen LogP contribution is -2.31. The van der Waals surface area contributed by atoms with E-state index in [2.05, 4.69) is 15.6 Å². The van der Waals surface area contributed by atoms with Crippen LogP contribution < -0.4 is 10.6 Å². The fourth-order valence-electron chi connectivity index (χ4n) is 2.77. The molecule has 0 bridgehead atoms. The highest BCUT2D eigenvalue weighted by Gasteiger charge is 2.30. The van der Waals surface area contributed by atoms with Gasteiger partial charge < -0.3 is 10.6 Å². The Kier molecular flexibility index (Phi) is 3.88. The summed E-state index contributed by atoms with van der Waals surface area (Å²) in [4.78, 5) is 27.7. The van der Waals surface area contributed by atoms with Crippen LogP contribution in [0.15, 0.2) is 24.3 Å². The number of anilines is 1. The Balaban J connectivity index is 1.62. The van der Waals surface area contributed by atoms with Crippen LogP contribution in [0, 0.1) is 5.92 Å². The van der Waals surface area contributed by atoms with E-state index in [-0.39, 0.29) is 23.8 Å². The highest BCUT2D eigenvalue weighted by atomic mass is 32.1. The Morgan fingerprint density at radius 1 is 1.29 bits per heavy atom. The van der Waals surface area contributed by atoms with Crippen molar-refractivity contribution < 1.29 is 9.59 Å². The predicted molar refractivity (Wildman–Crippen MR) is 83.2 cm³/mol. The van der Waals surface area contributed by atoms with Gasteiger partial charge in [-0.2, -0.15) is 0 Å². The molecule has 5 nitrogen and oxygen atoms in total. The van der Waals surface area contributed by atoms with E-state index in [0.29, 0.717) is 11.6 Å². The van der Waals surface area contributed by atoms with Gasteiger partial charge in [0.15, 0.2) is 5.13 Å². The number of hydrogen-bond acceptors (Lipinski definition) is 4. The smallest absolute Gasteiger partial charge is 0.229 e. The van der Waals surface area contributed by atoms with Crippen molar-refractivity contribution in [1.82, 2.24) is 10.3 Å². The maximum atomic E-state index is 12.3. The second-order valence-electron chi connectivity index (χ2n) is 5.38. The zero-order chi connectivity index (χ0) is 14.8. The maximum absolute atomic E-state index is 12.3. The Hall–Kier alpha value is -1.95. The summed E-state index contributed by atoms with van der Waals surface area (Å²) in [7, 11) is 0. The average molecular weight is 303 g/mol. The second-order valence-corrected chi connectivity index (χ2v) is 6.41. The number of fused-ring (bicyclic) bond motifs is 1. The lowest BCUT2D eigenvalue weighted by atomic mass is 10.1. The van der Waals surface area contributed by atoms with Crippen LogP contribution in [0.2, 0.25) is 0 Å². The molecule has 2 N–H and O–H groups in total. The van der Waals surface area contributed by atoms with Crippen LogP contribution >= 0.6 is 11.3 Å². The first-order chi connectivity index (χ1) is 10.1. The molecule has 2 amide bonds. The van der Waals surface area contributed by atoms with Gasteiger partial charge in [-0.15, -0.1) is 0 Å². The van der Waals surface area contributed by atoms with Gasteiger partial charge in [0.05, 0.1) is 10.2 Å². The lowest BCUT2D eigenvalue weighted by molar-refractivity contribution is -0.121. The van der Waals surface area contributed by atoms with Crippen molar-refractivity contribution >= 4 is 38.5 Å². The summed E-state index contributed by atoms with van der Waals surface area (Å²) in [5.74, 6) is -0.0806. The summed E-state index contributed by atoms with van der Waals surface area (Å²) in [5.41, 5.74) is 0.903. The third-order valence-electron chi connectivity index (χ3n) is 3.73. The minimum Gasteiger partial charge on any atom is -0.354 e. The number of thiazole rings is 1. The number of benzene rings is 1. The molecule has 0 radical (unpaired) electrons. The summed E-state index contributed by atoms with van der Waals surface area (Å²) in [6, 6.07) is 7.94. The molecule has 1 fully saturated rings. The second kappa shape index (κ2) is 5.81. The van der Waals surface area contributed by atoms with E-state index in [4.69, 9.17) is 0 Å². The molecule has 0 saturated heterocycles. The van der Waals surface area contributed by atoms with Gasteiger partial charge in [0.1, 0.15) is 0 Å². The maximum Gasteiger partial charge on any atom is 0.229 e. The Labute approximate surface area is 126 Å². The molecule has 3 rings (SSSR count). The van der Waals surface area contributed by atoms with Gasteiger partial charge in [0.2, 0.25) is 11.8 Å². The van der Waals surface area contributed by atoms with Crippen LogP contribution in [0.5, 0.6) is 0 Å². The molecule has 1 saturated carbocycles. The molecule has 2 atom stereocenters. The molecule has 1 aromatic carbocycles. The van der Waals surface area contributed by atoms with Crippen molar-refractivity contribution in [2.75, 3.05) is 5.32 Å². The van der Waals surface area contributed by atoms with Crippen LogP contribution in [-0.2, 0) is 9.59 Å². The monoisotopic (exact) mass is 303 g/mol. The molecule has 1 aliphatic rings. The predicted octanol–water partition coefficient (Wildman–Crippen LogP) is 2.54. The highest BCUT2D eigenvalue weighted by Crippen LogP contribution is 2.29. The number of nitrogens with one attached hydrogen (secondary N) is 2. The summed E-state index contributed by atoms with van der Waals surface area (Å²) >= 11 is 1.48. The highest BCUT2D eigenvalue weighted by molar-refractivity contribution is 7.22. The van der Waals surface area contributed by atoms with E-state index < -0.39 is 0 Å². The molecule has 1 heterocycles. The van der Waals surface area contributed by atoms with Crippen molar-refractivity contribution in [2.45, 2.75) is 32.2 Å². The molecule has 0 spiro atoms. The van der Waals surface area contributed by atoms with E-state index >= 15 is 0 Å². The van der Waals surface area contributed by atoms with Crippen molar-refractivity contribution in [2.24, 2.45) is 5.92 Å². The average Bonchev–Trinajstić information content (AvgIpc) is 3.03. The quantitative estimate of drug-likeness (QED) is 0.915. The third-order valence-corrected chi connectivity index (χ3v) is 4.69. The molecule has 110 valence electrons. The molecule has 0 aliphatic heterocycles. The molecule has 1 aliphatic carbocycles. The fraction of sp³-hybridized carbons (Fsp3) is 0.400. The standard InChI is InChI=1S/C15H17N3O2S/c1-9(19)16-11-7-6-10(8-11)14(20)18-15-17-12-4-2-3-5-13(12)21-15/h2-5,10-11H,6-8H2,1H3,(H,16,19)(H,17,18,20)/t10-,11-/m1/s1. The Morgan fingerprint density at radius 2 is 2.10 bits per heavy atom. The minimum absolute atomic E-state index is 0.00177. The molecule has 1 aromatic heterocycles. The van der Waals surface area contributed by atoms with Crippen molar-refractivity contribution in [3.8, 4) is 0 Å². The number of amides is 2. The fourth-order valence-corrected chi connectivity index (χ4v) is 3.64. The van der Waals surface area contributed by atoms with Gasteiger partial charge in [0.25, 0.3) is 0 Å². The molecule has 21 heavy (non-hydrogen) atoms. The van der Waals surface area contributed by atoms with Gasteiger partial charge in [0, 0.05) is 18.9 Å². The zero-order valence-corrected chi connectivity index (χ0v) is 12.6. The Bertz CT molecular complexity index is 649. The van der Waals surface area contributed by atoms with Gasteiger partial charge in [-0.25, -0.2) is 4.98 Å². The van der Waals surface area contributed by atoms with E-state index in [0.717, 1.165) is 23.1 Å². The largest absolute Gasteiger partial charge is 0.354 e. The van der Waals surface area contributed by atoms with Crippen LogP contribution in [0.3, 0.4) is 0 Å². The van der Waals surface area contributed by atoms with Crippen molar-refractivity contribution in [1.29, 1.82) is 0 Å². The number of carbonyl (C=O) groups is 2. The molecular weight excluding hydrogens is 286 g/mol. The van der Waals surface area contributed by atoms with Crippen LogP contribution in [-0.4, -0.2) is 22.8 Å². The number of hydrogen-bond donors (Lipinski definition) is 2.